The molecule has 0 bridgehead atoms. The van der Waals surface area contributed by atoms with Crippen molar-refractivity contribution in [3.63, 3.8) is 0 Å². The lowest BCUT2D eigenvalue weighted by atomic mass is 9.97. The van der Waals surface area contributed by atoms with E-state index in [0.717, 1.165) is 77.1 Å². The van der Waals surface area contributed by atoms with Gasteiger partial charge in [0.25, 0.3) is 0 Å². The van der Waals surface area contributed by atoms with Gasteiger partial charge in [-0.25, -0.2) is 4.79 Å². The van der Waals surface area contributed by atoms with Crippen molar-refractivity contribution in [1.82, 2.24) is 15.1 Å². The van der Waals surface area contributed by atoms with Crippen LogP contribution >= 0.6 is 11.8 Å². The number of nitrogens with one attached hydrogen (secondary N) is 1. The second-order valence-corrected chi connectivity index (χ2v) is 7.35. The molecule has 3 aliphatic rings. The summed E-state index contributed by atoms with van der Waals surface area (Å²) < 4.78 is 11.0. The van der Waals surface area contributed by atoms with E-state index in [-0.39, 0.29) is 6.03 Å². The molecule has 7 heteroatoms. The van der Waals surface area contributed by atoms with Gasteiger partial charge in [0.15, 0.2) is 0 Å². The van der Waals surface area contributed by atoms with E-state index >= 15 is 0 Å². The molecule has 126 valence electrons. The Hall–Kier alpha value is -0.500. The van der Waals surface area contributed by atoms with Crippen molar-refractivity contribution in [3.05, 3.63) is 0 Å². The van der Waals surface area contributed by atoms with E-state index in [1.54, 1.807) is 0 Å². The van der Waals surface area contributed by atoms with Gasteiger partial charge in [-0.1, -0.05) is 0 Å². The van der Waals surface area contributed by atoms with E-state index in [9.17, 15) is 4.79 Å². The fourth-order valence-corrected chi connectivity index (χ4v) is 4.33. The van der Waals surface area contributed by atoms with Crippen molar-refractivity contribution in [2.45, 2.75) is 12.5 Å². The number of rotatable bonds is 4. The number of hydrogen-bond donors (Lipinski definition) is 1. The maximum absolute atomic E-state index is 12.3. The van der Waals surface area contributed by atoms with E-state index in [2.05, 4.69) is 10.2 Å². The van der Waals surface area contributed by atoms with Gasteiger partial charge in [-0.05, 0) is 6.42 Å². The van der Waals surface area contributed by atoms with Crippen LogP contribution in [0.3, 0.4) is 0 Å². The molecular formula is C15H27N3O3S. The first-order valence-corrected chi connectivity index (χ1v) is 9.50. The molecule has 0 aromatic rings. The van der Waals surface area contributed by atoms with Gasteiger partial charge >= 0.3 is 6.03 Å². The van der Waals surface area contributed by atoms with Crippen LogP contribution in [0.25, 0.3) is 0 Å². The van der Waals surface area contributed by atoms with Crippen molar-refractivity contribution in [3.8, 4) is 0 Å². The van der Waals surface area contributed by atoms with E-state index in [1.807, 2.05) is 16.7 Å². The molecule has 3 fully saturated rings. The van der Waals surface area contributed by atoms with Gasteiger partial charge in [0, 0.05) is 62.8 Å². The summed E-state index contributed by atoms with van der Waals surface area (Å²) in [5.41, 5.74) is 0. The Morgan fingerprint density at radius 1 is 1.14 bits per heavy atom. The molecular weight excluding hydrogens is 302 g/mol. The monoisotopic (exact) mass is 329 g/mol. The summed E-state index contributed by atoms with van der Waals surface area (Å²) in [6.45, 7) is 7.62. The van der Waals surface area contributed by atoms with Crippen LogP contribution in [0.5, 0.6) is 0 Å². The summed E-state index contributed by atoms with van der Waals surface area (Å²) in [4.78, 5) is 16.7. The summed E-state index contributed by atoms with van der Waals surface area (Å²) in [5.74, 6) is 2.63. The molecule has 0 aliphatic carbocycles. The van der Waals surface area contributed by atoms with Gasteiger partial charge in [0.05, 0.1) is 19.8 Å². The minimum atomic E-state index is 0.0949. The second-order valence-electron chi connectivity index (χ2n) is 6.12. The summed E-state index contributed by atoms with van der Waals surface area (Å²) in [6.07, 6.45) is 1.10. The van der Waals surface area contributed by atoms with Crippen molar-refractivity contribution in [1.29, 1.82) is 0 Å². The number of thioether (sulfide) groups is 1. The SMILES string of the molecule is O=C(NC[C@H]([C@@H]1CCOC1)N1CCOCC1)N1CCSCC1. The van der Waals surface area contributed by atoms with Gasteiger partial charge in [0.1, 0.15) is 0 Å². The Balaban J connectivity index is 1.53. The van der Waals surface area contributed by atoms with Gasteiger partial charge in [-0.15, -0.1) is 0 Å². The van der Waals surface area contributed by atoms with Crippen molar-refractivity contribution >= 4 is 17.8 Å². The smallest absolute Gasteiger partial charge is 0.317 e. The molecule has 0 radical (unpaired) electrons. The molecule has 0 unspecified atom stereocenters. The van der Waals surface area contributed by atoms with Gasteiger partial charge in [-0.2, -0.15) is 11.8 Å². The second kappa shape index (κ2) is 8.38. The standard InChI is InChI=1S/C15H27N3O3S/c19-15(18-4-9-22-10-5-18)16-11-14(13-1-6-21-12-13)17-2-7-20-8-3-17/h13-14H,1-12H2,(H,16,19)/t13-,14-/m1/s1. The number of nitrogens with zero attached hydrogens (tertiary/aromatic N) is 2. The molecule has 6 nitrogen and oxygen atoms in total. The van der Waals surface area contributed by atoms with Crippen LogP contribution in [0.1, 0.15) is 6.42 Å². The predicted octanol–water partition coefficient (Wildman–Crippen LogP) is 0.482. The van der Waals surface area contributed by atoms with Crippen LogP contribution in [0, 0.1) is 5.92 Å². The Morgan fingerprint density at radius 3 is 2.59 bits per heavy atom. The first-order valence-electron chi connectivity index (χ1n) is 8.34. The topological polar surface area (TPSA) is 54.0 Å². The van der Waals surface area contributed by atoms with E-state index < -0.39 is 0 Å². The quantitative estimate of drug-likeness (QED) is 0.813. The fraction of sp³-hybridized carbons (Fsp3) is 0.933. The lowest BCUT2D eigenvalue weighted by Gasteiger charge is -2.38. The average molecular weight is 329 g/mol. The minimum absolute atomic E-state index is 0.0949. The number of carbonyl (C=O) groups is 1. The summed E-state index contributed by atoms with van der Waals surface area (Å²) in [7, 11) is 0. The maximum atomic E-state index is 12.3. The third-order valence-electron chi connectivity index (χ3n) is 4.78. The number of hydrogen-bond acceptors (Lipinski definition) is 5. The Kier molecular flexibility index (Phi) is 6.23. The maximum Gasteiger partial charge on any atom is 0.317 e. The first-order chi connectivity index (χ1) is 10.8. The van der Waals surface area contributed by atoms with E-state index in [1.165, 1.54) is 0 Å². The Morgan fingerprint density at radius 2 is 1.91 bits per heavy atom. The minimum Gasteiger partial charge on any atom is -0.381 e. The molecule has 0 aromatic heterocycles. The molecule has 1 N–H and O–H groups in total. The van der Waals surface area contributed by atoms with Gasteiger partial charge < -0.3 is 19.7 Å². The fourth-order valence-electron chi connectivity index (χ4n) is 3.43. The number of amides is 2. The van der Waals surface area contributed by atoms with Crippen LogP contribution in [0.2, 0.25) is 0 Å². The highest BCUT2D eigenvalue weighted by molar-refractivity contribution is 7.99. The van der Waals surface area contributed by atoms with Crippen molar-refractivity contribution in [2.24, 2.45) is 5.92 Å². The van der Waals surface area contributed by atoms with Crippen molar-refractivity contribution < 1.29 is 14.3 Å². The molecule has 3 aliphatic heterocycles. The Bertz CT molecular complexity index is 354. The number of carbonyl (C=O) groups excluding carboxylic acids is 1. The lowest BCUT2D eigenvalue weighted by Crippen LogP contribution is -2.54. The molecule has 3 saturated heterocycles. The molecule has 3 rings (SSSR count). The molecule has 0 spiro atoms. The number of urea groups is 1. The lowest BCUT2D eigenvalue weighted by molar-refractivity contribution is 0.00188. The molecule has 3 heterocycles. The van der Waals surface area contributed by atoms with Crippen LogP contribution in [-0.4, -0.2) is 92.5 Å². The average Bonchev–Trinajstić information content (AvgIpc) is 3.11. The van der Waals surface area contributed by atoms with Crippen molar-refractivity contribution in [2.75, 3.05) is 70.7 Å². The van der Waals surface area contributed by atoms with Crippen LogP contribution in [-0.2, 0) is 9.47 Å². The van der Waals surface area contributed by atoms with E-state index in [4.69, 9.17) is 9.47 Å². The first kappa shape index (κ1) is 16.4. The van der Waals surface area contributed by atoms with Crippen LogP contribution in [0.4, 0.5) is 4.79 Å². The molecule has 2 atom stereocenters. The zero-order chi connectivity index (χ0) is 15.2. The summed E-state index contributed by atoms with van der Waals surface area (Å²) >= 11 is 1.92. The summed E-state index contributed by atoms with van der Waals surface area (Å²) in [6, 6.07) is 0.465. The summed E-state index contributed by atoms with van der Waals surface area (Å²) in [5, 5.41) is 3.17. The predicted molar refractivity (Wildman–Crippen MR) is 87.4 cm³/mol. The molecule has 22 heavy (non-hydrogen) atoms. The number of ether oxygens (including phenoxy) is 2. The molecule has 2 amide bonds. The number of morpholine rings is 1. The highest BCUT2D eigenvalue weighted by Gasteiger charge is 2.32. The Labute approximate surface area is 136 Å². The molecule has 0 aromatic carbocycles. The van der Waals surface area contributed by atoms with E-state index in [0.29, 0.717) is 12.0 Å². The largest absolute Gasteiger partial charge is 0.381 e. The highest BCUT2D eigenvalue weighted by atomic mass is 32.2. The normalized spacial score (nSPS) is 28.5. The van der Waals surface area contributed by atoms with Gasteiger partial charge in [0.2, 0.25) is 0 Å². The van der Waals surface area contributed by atoms with Crippen LogP contribution < -0.4 is 5.32 Å². The third kappa shape index (κ3) is 4.28. The highest BCUT2D eigenvalue weighted by Crippen LogP contribution is 2.22. The third-order valence-corrected chi connectivity index (χ3v) is 5.73. The zero-order valence-electron chi connectivity index (χ0n) is 13.2. The van der Waals surface area contributed by atoms with Gasteiger partial charge in [-0.3, -0.25) is 4.90 Å². The molecule has 0 saturated carbocycles. The van der Waals surface area contributed by atoms with Crippen LogP contribution in [0.15, 0.2) is 0 Å². The zero-order valence-corrected chi connectivity index (χ0v) is 14.0.